The third-order valence-corrected chi connectivity index (χ3v) is 7.08. The quantitative estimate of drug-likeness (QED) is 0.463. The number of allylic oxidation sites excluding steroid dienone is 3. The second-order valence-corrected chi connectivity index (χ2v) is 10.0. The molecule has 2 heterocycles. The molecule has 10 heteroatoms. The Morgan fingerprint density at radius 2 is 1.74 bits per heavy atom. The Morgan fingerprint density at radius 1 is 1.05 bits per heavy atom. The Balaban J connectivity index is 1.60. The summed E-state index contributed by atoms with van der Waals surface area (Å²) in [6, 6.07) is 10.1. The number of carbonyl (C=O) groups is 4. The van der Waals surface area contributed by atoms with Gasteiger partial charge >= 0.3 is 11.9 Å². The summed E-state index contributed by atoms with van der Waals surface area (Å²) in [5.41, 5.74) is 2.99. The molecule has 10 nitrogen and oxygen atoms in total. The lowest BCUT2D eigenvalue weighted by Gasteiger charge is -2.36. The minimum Gasteiger partial charge on any atom is -0.478 e. The standard InChI is InChI=1S/C29H27N3O7/c1-30(2)17-6-9-20-23(14-17)38-24-15-18(31(3)4)7-10-21(24)27(20)19-8-5-16(13-22(19)28(35)36)29(37)39-32-25(33)11-12-26(32)34/h5-10,13-15,20,27H,11-12H2,1-4H3/p+1. The molecule has 2 unspecified atom stereocenters. The summed E-state index contributed by atoms with van der Waals surface area (Å²) in [6.07, 6.45) is 5.83. The molecule has 0 spiro atoms. The molecular weight excluding hydrogens is 502 g/mol. The van der Waals surface area contributed by atoms with Crippen molar-refractivity contribution < 1.29 is 38.4 Å². The van der Waals surface area contributed by atoms with Crippen molar-refractivity contribution in [1.82, 2.24) is 5.06 Å². The van der Waals surface area contributed by atoms with E-state index < -0.39 is 29.7 Å². The molecule has 2 amide bonds. The number of carbonyl (C=O) groups excluding carboxylic acids is 3. The number of rotatable bonds is 5. The van der Waals surface area contributed by atoms with E-state index in [1.54, 1.807) is 6.07 Å². The van der Waals surface area contributed by atoms with E-state index in [2.05, 4.69) is 0 Å². The summed E-state index contributed by atoms with van der Waals surface area (Å²) in [4.78, 5) is 56.0. The maximum absolute atomic E-state index is 12.8. The molecule has 2 aromatic carbocycles. The van der Waals surface area contributed by atoms with Crippen molar-refractivity contribution >= 4 is 35.2 Å². The van der Waals surface area contributed by atoms with Gasteiger partial charge in [0.15, 0.2) is 0 Å². The Labute approximate surface area is 225 Å². The van der Waals surface area contributed by atoms with Crippen LogP contribution in [0.1, 0.15) is 50.6 Å². The number of ether oxygens (including phenoxy) is 1. The second kappa shape index (κ2) is 9.86. The predicted molar refractivity (Wildman–Crippen MR) is 141 cm³/mol. The lowest BCUT2D eigenvalue weighted by molar-refractivity contribution is -0.462. The Kier molecular flexibility index (Phi) is 6.55. The molecule has 0 aromatic heterocycles. The molecule has 1 N–H and O–H groups in total. The first kappa shape index (κ1) is 25.9. The zero-order valence-corrected chi connectivity index (χ0v) is 22.0. The van der Waals surface area contributed by atoms with Gasteiger partial charge in [0.2, 0.25) is 5.71 Å². The van der Waals surface area contributed by atoms with Crippen molar-refractivity contribution in [2.24, 2.45) is 5.92 Å². The van der Waals surface area contributed by atoms with E-state index in [-0.39, 0.29) is 29.9 Å². The summed E-state index contributed by atoms with van der Waals surface area (Å²) in [6.45, 7) is 0. The predicted octanol–water partition coefficient (Wildman–Crippen LogP) is 2.98. The molecule has 5 rings (SSSR count). The van der Waals surface area contributed by atoms with Gasteiger partial charge in [-0.1, -0.05) is 18.2 Å². The van der Waals surface area contributed by atoms with Crippen LogP contribution in [0, 0.1) is 5.92 Å². The first-order valence-corrected chi connectivity index (χ1v) is 12.4. The SMILES string of the molecule is CN(C)c1ccc2c(c1)OC1=CC(=[N+](C)C)C=CC1C2c1ccc(C(=O)ON2C(=O)CCC2=O)cc1C(=O)O. The van der Waals surface area contributed by atoms with Crippen LogP contribution in [0.25, 0.3) is 0 Å². The van der Waals surface area contributed by atoms with Crippen molar-refractivity contribution in [3.8, 4) is 5.75 Å². The van der Waals surface area contributed by atoms with Crippen LogP contribution in [-0.4, -0.2) is 72.4 Å². The Morgan fingerprint density at radius 3 is 2.38 bits per heavy atom. The topological polar surface area (TPSA) is 116 Å². The van der Waals surface area contributed by atoms with Crippen molar-refractivity contribution in [2.45, 2.75) is 18.8 Å². The van der Waals surface area contributed by atoms with Gasteiger partial charge in [-0.3, -0.25) is 9.59 Å². The van der Waals surface area contributed by atoms with E-state index in [4.69, 9.17) is 9.57 Å². The molecular formula is C29H28N3O7+. The molecule has 2 aromatic rings. The highest BCUT2D eigenvalue weighted by Gasteiger charge is 2.39. The molecule has 1 aliphatic carbocycles. The Bertz CT molecular complexity index is 1500. The third kappa shape index (κ3) is 4.69. The largest absolute Gasteiger partial charge is 0.478 e. The number of aromatic carboxylic acids is 1. The number of hydrogen-bond donors (Lipinski definition) is 1. The Hall–Kier alpha value is -4.73. The van der Waals surface area contributed by atoms with Gasteiger partial charge in [0.05, 0.1) is 11.1 Å². The number of hydroxylamine groups is 2. The maximum Gasteiger partial charge on any atom is 0.363 e. The highest BCUT2D eigenvalue weighted by molar-refractivity contribution is 6.03. The summed E-state index contributed by atoms with van der Waals surface area (Å²) >= 11 is 0. The first-order chi connectivity index (χ1) is 18.5. The van der Waals surface area contributed by atoms with Crippen LogP contribution in [0.3, 0.4) is 0 Å². The molecule has 0 saturated carbocycles. The maximum atomic E-state index is 12.8. The van der Waals surface area contributed by atoms with Crippen LogP contribution >= 0.6 is 0 Å². The minimum atomic E-state index is -1.23. The molecule has 0 radical (unpaired) electrons. The summed E-state index contributed by atoms with van der Waals surface area (Å²) < 4.78 is 8.32. The summed E-state index contributed by atoms with van der Waals surface area (Å²) in [5.74, 6) is -2.85. The number of fused-ring (bicyclic) bond motifs is 2. The molecule has 3 aliphatic rings. The van der Waals surface area contributed by atoms with Crippen LogP contribution in [-0.2, 0) is 14.4 Å². The zero-order valence-electron chi connectivity index (χ0n) is 22.0. The molecule has 1 saturated heterocycles. The fraction of sp³-hybridized carbons (Fsp3) is 0.276. The number of nitrogens with zero attached hydrogens (tertiary/aromatic N) is 3. The van der Waals surface area contributed by atoms with Crippen LogP contribution in [0.4, 0.5) is 5.69 Å². The van der Waals surface area contributed by atoms with Gasteiger partial charge in [-0.2, -0.15) is 0 Å². The van der Waals surface area contributed by atoms with Crippen LogP contribution in [0.2, 0.25) is 0 Å². The van der Waals surface area contributed by atoms with Crippen molar-refractivity contribution in [3.05, 3.63) is 82.6 Å². The monoisotopic (exact) mass is 530 g/mol. The summed E-state index contributed by atoms with van der Waals surface area (Å²) in [7, 11) is 7.71. The molecule has 0 bridgehead atoms. The molecule has 2 aliphatic heterocycles. The number of imide groups is 1. The van der Waals surface area contributed by atoms with Crippen molar-refractivity contribution in [3.63, 3.8) is 0 Å². The van der Waals surface area contributed by atoms with Crippen molar-refractivity contribution in [2.75, 3.05) is 33.1 Å². The number of benzene rings is 2. The minimum absolute atomic E-state index is 0.0398. The number of amides is 2. The van der Waals surface area contributed by atoms with Gasteiger partial charge in [-0.05, 0) is 23.8 Å². The number of carboxylic acids is 1. The van der Waals surface area contributed by atoms with E-state index in [0.717, 1.165) is 17.0 Å². The third-order valence-electron chi connectivity index (χ3n) is 7.08. The highest BCUT2D eigenvalue weighted by Crippen LogP contribution is 2.49. The van der Waals surface area contributed by atoms with Crippen LogP contribution in [0.5, 0.6) is 5.75 Å². The van der Waals surface area contributed by atoms with Gasteiger partial charge in [0.1, 0.15) is 25.6 Å². The smallest absolute Gasteiger partial charge is 0.363 e. The van der Waals surface area contributed by atoms with E-state index in [1.165, 1.54) is 12.1 Å². The molecule has 39 heavy (non-hydrogen) atoms. The van der Waals surface area contributed by atoms with Crippen LogP contribution in [0.15, 0.2) is 60.4 Å². The van der Waals surface area contributed by atoms with Gasteiger partial charge < -0.3 is 19.6 Å². The lowest BCUT2D eigenvalue weighted by Crippen LogP contribution is -2.32. The second-order valence-electron chi connectivity index (χ2n) is 10.0. The number of hydrogen-bond acceptors (Lipinski definition) is 7. The van der Waals surface area contributed by atoms with Crippen LogP contribution < -0.4 is 9.64 Å². The fourth-order valence-electron chi connectivity index (χ4n) is 5.00. The normalized spacial score (nSPS) is 19.6. The number of anilines is 1. The van der Waals surface area contributed by atoms with Gasteiger partial charge in [0, 0.05) is 68.2 Å². The zero-order chi connectivity index (χ0) is 28.0. The average Bonchev–Trinajstić information content (AvgIpc) is 3.22. The first-order valence-electron chi connectivity index (χ1n) is 12.4. The van der Waals surface area contributed by atoms with Crippen molar-refractivity contribution in [1.29, 1.82) is 0 Å². The fourth-order valence-corrected chi connectivity index (χ4v) is 5.00. The molecule has 2 atom stereocenters. The summed E-state index contributed by atoms with van der Waals surface area (Å²) in [5, 5.41) is 10.6. The van der Waals surface area contributed by atoms with E-state index >= 15 is 0 Å². The lowest BCUT2D eigenvalue weighted by atomic mass is 9.74. The van der Waals surface area contributed by atoms with E-state index in [0.29, 0.717) is 22.1 Å². The van der Waals surface area contributed by atoms with E-state index in [1.807, 2.05) is 74.1 Å². The molecule has 1 fully saturated rings. The van der Waals surface area contributed by atoms with Gasteiger partial charge in [-0.15, -0.1) is 5.06 Å². The number of carboxylic acid groups (broad SMARTS) is 1. The highest BCUT2D eigenvalue weighted by atomic mass is 16.7. The van der Waals surface area contributed by atoms with E-state index in [9.17, 15) is 24.3 Å². The molecule has 200 valence electrons. The van der Waals surface area contributed by atoms with Gasteiger partial charge in [0.25, 0.3) is 11.8 Å². The average molecular weight is 531 g/mol. The van der Waals surface area contributed by atoms with Gasteiger partial charge in [-0.25, -0.2) is 14.2 Å².